The van der Waals surface area contributed by atoms with Crippen LogP contribution in [0.15, 0.2) is 4.52 Å². The minimum absolute atomic E-state index is 0.133. The van der Waals surface area contributed by atoms with E-state index in [4.69, 9.17) is 4.52 Å². The fourth-order valence-electron chi connectivity index (χ4n) is 2.46. The second kappa shape index (κ2) is 6.37. The minimum Gasteiger partial charge on any atom is -0.339 e. The van der Waals surface area contributed by atoms with Crippen molar-refractivity contribution in [1.29, 1.82) is 0 Å². The Morgan fingerprint density at radius 3 is 2.35 bits per heavy atom. The van der Waals surface area contributed by atoms with Crippen LogP contribution in [0.2, 0.25) is 0 Å². The lowest BCUT2D eigenvalue weighted by Crippen LogP contribution is -2.24. The van der Waals surface area contributed by atoms with Gasteiger partial charge in [0.1, 0.15) is 0 Å². The molecule has 1 aromatic heterocycles. The number of nitrogens with zero attached hydrogens (tertiary/aromatic N) is 2. The van der Waals surface area contributed by atoms with Crippen LogP contribution in [0, 0.1) is 0 Å². The highest BCUT2D eigenvalue weighted by Gasteiger charge is 2.39. The normalized spacial score (nSPS) is 18.6. The molecule has 0 amide bonds. The van der Waals surface area contributed by atoms with E-state index < -0.39 is 18.4 Å². The van der Waals surface area contributed by atoms with Gasteiger partial charge in [0.05, 0.1) is 6.42 Å². The fourth-order valence-corrected chi connectivity index (χ4v) is 2.46. The number of hydrogen-bond acceptors (Lipinski definition) is 4. The third kappa shape index (κ3) is 4.05. The zero-order valence-corrected chi connectivity index (χ0v) is 11.1. The van der Waals surface area contributed by atoms with Crippen molar-refractivity contribution in [2.24, 2.45) is 0 Å². The van der Waals surface area contributed by atoms with Crippen molar-refractivity contribution >= 4 is 5.78 Å². The highest BCUT2D eigenvalue weighted by atomic mass is 19.4. The number of halogens is 3. The summed E-state index contributed by atoms with van der Waals surface area (Å²) in [5.41, 5.74) is 0. The summed E-state index contributed by atoms with van der Waals surface area (Å²) in [5.74, 6) is -1.53. The smallest absolute Gasteiger partial charge is 0.339 e. The van der Waals surface area contributed by atoms with E-state index in [1.807, 2.05) is 0 Å². The molecule has 0 unspecified atom stereocenters. The molecule has 1 aromatic rings. The van der Waals surface area contributed by atoms with Gasteiger partial charge in [-0.1, -0.05) is 37.3 Å². The molecule has 20 heavy (non-hydrogen) atoms. The monoisotopic (exact) mass is 290 g/mol. The average Bonchev–Trinajstić information content (AvgIpc) is 2.75. The van der Waals surface area contributed by atoms with Gasteiger partial charge in [0, 0.05) is 5.92 Å². The van der Waals surface area contributed by atoms with E-state index >= 15 is 0 Å². The van der Waals surface area contributed by atoms with E-state index in [1.165, 1.54) is 6.42 Å². The summed E-state index contributed by atoms with van der Waals surface area (Å²) in [6.07, 6.45) is 1.80. The summed E-state index contributed by atoms with van der Waals surface area (Å²) in [5, 5.41) is 3.74. The third-order valence-corrected chi connectivity index (χ3v) is 3.58. The maximum Gasteiger partial charge on any atom is 0.450 e. The third-order valence-electron chi connectivity index (χ3n) is 3.58. The number of hydrogen-bond donors (Lipinski definition) is 0. The Balaban J connectivity index is 1.98. The summed E-state index contributed by atoms with van der Waals surface area (Å²) < 4.78 is 41.2. The van der Waals surface area contributed by atoms with E-state index in [0.29, 0.717) is 5.82 Å². The predicted molar refractivity (Wildman–Crippen MR) is 64.1 cm³/mol. The zero-order valence-electron chi connectivity index (χ0n) is 11.1. The molecule has 0 radical (unpaired) electrons. The molecule has 7 heteroatoms. The molecule has 0 spiro atoms. The number of alkyl halides is 3. The minimum atomic E-state index is -4.85. The number of rotatable bonds is 3. The molecule has 0 atom stereocenters. The maximum atomic E-state index is 12.2. The van der Waals surface area contributed by atoms with E-state index in [9.17, 15) is 18.0 Å². The van der Waals surface area contributed by atoms with Crippen molar-refractivity contribution in [2.75, 3.05) is 0 Å². The molecule has 1 heterocycles. The Labute approximate surface area is 114 Å². The Bertz CT molecular complexity index is 449. The summed E-state index contributed by atoms with van der Waals surface area (Å²) >= 11 is 0. The van der Waals surface area contributed by atoms with E-state index in [1.54, 1.807) is 0 Å². The van der Waals surface area contributed by atoms with Crippen LogP contribution in [0.5, 0.6) is 0 Å². The number of Topliss-reactive ketones (excluding diaryl/α,β-unsaturated/α-hetero) is 1. The van der Waals surface area contributed by atoms with Gasteiger partial charge >= 0.3 is 6.18 Å². The van der Waals surface area contributed by atoms with Crippen LogP contribution in [0.25, 0.3) is 0 Å². The lowest BCUT2D eigenvalue weighted by Gasteiger charge is -2.15. The first-order valence-corrected chi connectivity index (χ1v) is 6.89. The van der Waals surface area contributed by atoms with E-state index in [2.05, 4.69) is 10.1 Å². The van der Waals surface area contributed by atoms with Crippen molar-refractivity contribution in [2.45, 2.75) is 63.5 Å². The van der Waals surface area contributed by atoms with Crippen LogP contribution in [0.1, 0.15) is 62.6 Å². The highest BCUT2D eigenvalue weighted by Crippen LogP contribution is 2.29. The molecule has 1 aliphatic carbocycles. The van der Waals surface area contributed by atoms with Crippen LogP contribution < -0.4 is 0 Å². The second-order valence-electron chi connectivity index (χ2n) is 5.19. The first kappa shape index (κ1) is 15.0. The summed E-state index contributed by atoms with van der Waals surface area (Å²) in [6, 6.07) is 0. The standard InChI is InChI=1S/C13H17F3N2O2/c14-13(15,16)10(19)8-11-17-12(18-20-11)9-6-4-2-1-3-5-7-9/h9H,1-8H2. The van der Waals surface area contributed by atoms with E-state index in [0.717, 1.165) is 38.5 Å². The topological polar surface area (TPSA) is 56.0 Å². The largest absolute Gasteiger partial charge is 0.450 e. The molecular weight excluding hydrogens is 273 g/mol. The van der Waals surface area contributed by atoms with Gasteiger partial charge in [0.2, 0.25) is 11.7 Å². The van der Waals surface area contributed by atoms with Gasteiger partial charge in [-0.25, -0.2) is 0 Å². The molecule has 2 rings (SSSR count). The van der Waals surface area contributed by atoms with Gasteiger partial charge in [-0.3, -0.25) is 4.79 Å². The Kier molecular flexibility index (Phi) is 4.77. The second-order valence-corrected chi connectivity index (χ2v) is 5.19. The maximum absolute atomic E-state index is 12.2. The van der Waals surface area contributed by atoms with Crippen molar-refractivity contribution in [3.63, 3.8) is 0 Å². The van der Waals surface area contributed by atoms with Gasteiger partial charge < -0.3 is 4.52 Å². The number of carbonyl (C=O) groups is 1. The molecule has 0 saturated heterocycles. The quantitative estimate of drug-likeness (QED) is 0.854. The highest BCUT2D eigenvalue weighted by molar-refractivity contribution is 5.85. The lowest BCUT2D eigenvalue weighted by molar-refractivity contribution is -0.170. The van der Waals surface area contributed by atoms with Crippen LogP contribution in [0.4, 0.5) is 13.2 Å². The number of ketones is 1. The van der Waals surface area contributed by atoms with Crippen LogP contribution in [-0.2, 0) is 11.2 Å². The van der Waals surface area contributed by atoms with Gasteiger partial charge in [0.15, 0.2) is 5.82 Å². The van der Waals surface area contributed by atoms with Crippen molar-refractivity contribution < 1.29 is 22.5 Å². The molecule has 0 bridgehead atoms. The molecule has 0 N–H and O–H groups in total. The number of aromatic nitrogens is 2. The number of carbonyl (C=O) groups excluding carboxylic acids is 1. The first-order chi connectivity index (χ1) is 9.47. The SMILES string of the molecule is O=C(Cc1nc(C2CCCCCCC2)no1)C(F)(F)F. The van der Waals surface area contributed by atoms with E-state index in [-0.39, 0.29) is 11.8 Å². The first-order valence-electron chi connectivity index (χ1n) is 6.89. The Morgan fingerprint density at radius 1 is 1.15 bits per heavy atom. The molecule has 0 aliphatic heterocycles. The molecule has 112 valence electrons. The summed E-state index contributed by atoms with van der Waals surface area (Å²) in [4.78, 5) is 14.8. The molecule has 1 saturated carbocycles. The molecule has 1 aliphatic rings. The summed E-state index contributed by atoms with van der Waals surface area (Å²) in [7, 11) is 0. The van der Waals surface area contributed by atoms with Gasteiger partial charge in [-0.2, -0.15) is 18.2 Å². The fraction of sp³-hybridized carbons (Fsp3) is 0.769. The molecule has 1 fully saturated rings. The van der Waals surface area contributed by atoms with Crippen LogP contribution in [-0.4, -0.2) is 22.1 Å². The van der Waals surface area contributed by atoms with Gasteiger partial charge in [0.25, 0.3) is 0 Å². The van der Waals surface area contributed by atoms with Crippen molar-refractivity contribution in [3.05, 3.63) is 11.7 Å². The van der Waals surface area contributed by atoms with Crippen LogP contribution >= 0.6 is 0 Å². The van der Waals surface area contributed by atoms with Crippen LogP contribution in [0.3, 0.4) is 0 Å². The predicted octanol–water partition coefficient (Wildman–Crippen LogP) is 3.57. The molecule has 4 nitrogen and oxygen atoms in total. The molecule has 0 aromatic carbocycles. The van der Waals surface area contributed by atoms with Gasteiger partial charge in [-0.05, 0) is 12.8 Å². The van der Waals surface area contributed by atoms with Crippen molar-refractivity contribution in [3.8, 4) is 0 Å². The Morgan fingerprint density at radius 2 is 1.75 bits per heavy atom. The lowest BCUT2D eigenvalue weighted by atomic mass is 9.91. The summed E-state index contributed by atoms with van der Waals surface area (Å²) in [6.45, 7) is 0. The zero-order chi connectivity index (χ0) is 14.6. The average molecular weight is 290 g/mol. The van der Waals surface area contributed by atoms with Gasteiger partial charge in [-0.15, -0.1) is 0 Å². The molecular formula is C13H17F3N2O2. The Hall–Kier alpha value is -1.40. The van der Waals surface area contributed by atoms with Crippen molar-refractivity contribution in [1.82, 2.24) is 10.1 Å².